The fourth-order valence-corrected chi connectivity index (χ4v) is 1.65. The quantitative estimate of drug-likeness (QED) is 0.550. The smallest absolute Gasteiger partial charge is 0.217 e. The number of rotatable bonds is 13. The Morgan fingerprint density at radius 3 is 1.14 bits per heavy atom. The molecule has 0 rings (SSSR count). The molecule has 0 atom stereocenters. The number of hydrogen-bond acceptors (Lipinski definition) is 5. The van der Waals surface area contributed by atoms with Crippen LogP contribution in [0.1, 0.15) is 64.7 Å². The minimum atomic E-state index is -0.540. The van der Waals surface area contributed by atoms with Crippen molar-refractivity contribution in [1.29, 1.82) is 0 Å². The van der Waals surface area contributed by atoms with Crippen LogP contribution < -0.4 is 5.73 Å². The third-order valence-electron chi connectivity index (χ3n) is 3.09. The van der Waals surface area contributed by atoms with Crippen molar-refractivity contribution in [3.8, 4) is 0 Å². The summed E-state index contributed by atoms with van der Waals surface area (Å²) in [4.78, 5) is 55.9. The lowest BCUT2D eigenvalue weighted by atomic mass is 10.0. The highest BCUT2D eigenvalue weighted by Gasteiger charge is 2.11. The zero-order chi connectivity index (χ0) is 16.3. The van der Waals surface area contributed by atoms with Gasteiger partial charge in [0.05, 0.1) is 0 Å². The van der Waals surface area contributed by atoms with E-state index in [2.05, 4.69) is 0 Å². The van der Waals surface area contributed by atoms with Crippen molar-refractivity contribution in [2.45, 2.75) is 64.7 Å². The number of primary amides is 1. The number of hydrogen-bond donors (Lipinski definition) is 1. The molecule has 0 unspecified atom stereocenters. The summed E-state index contributed by atoms with van der Waals surface area (Å²) in [5.74, 6) is -0.943. The van der Waals surface area contributed by atoms with E-state index in [-0.39, 0.29) is 74.5 Å². The molecule has 118 valence electrons. The molecule has 0 aromatic rings. The Morgan fingerprint density at radius 2 is 0.857 bits per heavy atom. The van der Waals surface area contributed by atoms with Gasteiger partial charge in [-0.15, -0.1) is 0 Å². The number of amides is 1. The molecular formula is C15H23NO5. The summed E-state index contributed by atoms with van der Waals surface area (Å²) in [6, 6.07) is 0. The molecule has 0 heterocycles. The van der Waals surface area contributed by atoms with Crippen LogP contribution in [0.3, 0.4) is 0 Å². The highest BCUT2D eigenvalue weighted by atomic mass is 16.2. The van der Waals surface area contributed by atoms with E-state index in [4.69, 9.17) is 5.73 Å². The molecule has 0 aliphatic heterocycles. The highest BCUT2D eigenvalue weighted by molar-refractivity contribution is 5.91. The van der Waals surface area contributed by atoms with E-state index in [1.165, 1.54) is 0 Å². The summed E-state index contributed by atoms with van der Waals surface area (Å²) in [6.45, 7) is 1.74. The lowest BCUT2D eigenvalue weighted by Crippen LogP contribution is -2.13. The Labute approximate surface area is 124 Å². The maximum Gasteiger partial charge on any atom is 0.217 e. The molecule has 1 amide bonds. The summed E-state index contributed by atoms with van der Waals surface area (Å²) in [5.41, 5.74) is 4.92. The van der Waals surface area contributed by atoms with Gasteiger partial charge in [0.1, 0.15) is 23.1 Å². The lowest BCUT2D eigenvalue weighted by Gasteiger charge is -2.01. The van der Waals surface area contributed by atoms with Crippen molar-refractivity contribution >= 4 is 29.0 Å². The number of carbonyl (C=O) groups is 5. The summed E-state index contributed by atoms with van der Waals surface area (Å²) in [6.07, 6.45) is 1.25. The van der Waals surface area contributed by atoms with Crippen molar-refractivity contribution in [3.63, 3.8) is 0 Å². The number of ketones is 4. The van der Waals surface area contributed by atoms with Gasteiger partial charge in [-0.25, -0.2) is 0 Å². The predicted molar refractivity (Wildman–Crippen MR) is 76.4 cm³/mol. The second-order valence-electron chi connectivity index (χ2n) is 4.97. The first-order valence-corrected chi connectivity index (χ1v) is 7.20. The number of carbonyl (C=O) groups excluding carboxylic acids is 5. The largest absolute Gasteiger partial charge is 0.370 e. The maximum absolute atomic E-state index is 11.5. The molecule has 0 radical (unpaired) electrons. The van der Waals surface area contributed by atoms with Crippen LogP contribution in [-0.4, -0.2) is 29.0 Å². The molecule has 21 heavy (non-hydrogen) atoms. The maximum atomic E-state index is 11.5. The Kier molecular flexibility index (Phi) is 9.92. The Morgan fingerprint density at radius 1 is 0.571 bits per heavy atom. The Hall–Kier alpha value is -1.85. The highest BCUT2D eigenvalue weighted by Crippen LogP contribution is 2.06. The van der Waals surface area contributed by atoms with Crippen molar-refractivity contribution in [2.24, 2.45) is 5.73 Å². The SMILES string of the molecule is CCC(=O)CCC(=O)CCC(=O)CCC(=O)CCC(N)=O. The molecule has 0 spiro atoms. The van der Waals surface area contributed by atoms with Crippen molar-refractivity contribution in [2.75, 3.05) is 0 Å². The van der Waals surface area contributed by atoms with Crippen LogP contribution in [-0.2, 0) is 24.0 Å². The van der Waals surface area contributed by atoms with Gasteiger partial charge < -0.3 is 5.73 Å². The summed E-state index contributed by atoms with van der Waals surface area (Å²) >= 11 is 0. The lowest BCUT2D eigenvalue weighted by molar-refractivity contribution is -0.127. The van der Waals surface area contributed by atoms with Gasteiger partial charge in [0.15, 0.2) is 0 Å². The molecule has 0 bridgehead atoms. The first-order valence-electron chi connectivity index (χ1n) is 7.20. The second-order valence-corrected chi connectivity index (χ2v) is 4.97. The van der Waals surface area contributed by atoms with Gasteiger partial charge in [0, 0.05) is 57.8 Å². The van der Waals surface area contributed by atoms with Gasteiger partial charge in [-0.1, -0.05) is 6.92 Å². The molecule has 6 nitrogen and oxygen atoms in total. The zero-order valence-electron chi connectivity index (χ0n) is 12.5. The normalized spacial score (nSPS) is 10.1. The van der Waals surface area contributed by atoms with Crippen LogP contribution in [0, 0.1) is 0 Å². The van der Waals surface area contributed by atoms with E-state index in [1.54, 1.807) is 6.92 Å². The molecule has 0 saturated heterocycles. The van der Waals surface area contributed by atoms with Gasteiger partial charge in [0.2, 0.25) is 5.91 Å². The van der Waals surface area contributed by atoms with Crippen LogP contribution in [0.2, 0.25) is 0 Å². The van der Waals surface area contributed by atoms with E-state index in [1.807, 2.05) is 0 Å². The third-order valence-corrected chi connectivity index (χ3v) is 3.09. The first kappa shape index (κ1) is 19.1. The van der Waals surface area contributed by atoms with E-state index in [9.17, 15) is 24.0 Å². The van der Waals surface area contributed by atoms with Gasteiger partial charge in [-0.2, -0.15) is 0 Å². The topological polar surface area (TPSA) is 111 Å². The molecule has 6 heteroatoms. The van der Waals surface area contributed by atoms with Gasteiger partial charge in [-0.05, 0) is 0 Å². The minimum Gasteiger partial charge on any atom is -0.370 e. The fourth-order valence-electron chi connectivity index (χ4n) is 1.65. The number of nitrogens with two attached hydrogens (primary N) is 1. The Bertz CT molecular complexity index is 414. The second kappa shape index (κ2) is 10.9. The van der Waals surface area contributed by atoms with E-state index >= 15 is 0 Å². The zero-order valence-corrected chi connectivity index (χ0v) is 12.5. The van der Waals surface area contributed by atoms with Crippen LogP contribution in [0.15, 0.2) is 0 Å². The fraction of sp³-hybridized carbons (Fsp3) is 0.667. The van der Waals surface area contributed by atoms with E-state index in [0.29, 0.717) is 6.42 Å². The number of Topliss-reactive ketones (excluding diaryl/α,β-unsaturated/α-hetero) is 4. The van der Waals surface area contributed by atoms with Crippen LogP contribution in [0.25, 0.3) is 0 Å². The summed E-state index contributed by atoms with van der Waals surface area (Å²) in [5, 5.41) is 0. The molecule has 0 aliphatic carbocycles. The molecular weight excluding hydrogens is 274 g/mol. The van der Waals surface area contributed by atoms with Crippen LogP contribution >= 0.6 is 0 Å². The van der Waals surface area contributed by atoms with Crippen molar-refractivity contribution < 1.29 is 24.0 Å². The molecule has 0 saturated carbocycles. The molecule has 2 N–H and O–H groups in total. The van der Waals surface area contributed by atoms with E-state index in [0.717, 1.165) is 0 Å². The van der Waals surface area contributed by atoms with E-state index < -0.39 is 5.91 Å². The average Bonchev–Trinajstić information content (AvgIpc) is 2.45. The third kappa shape index (κ3) is 11.7. The molecule has 0 aliphatic rings. The molecule has 0 aromatic heterocycles. The van der Waals surface area contributed by atoms with Gasteiger partial charge in [-0.3, -0.25) is 24.0 Å². The monoisotopic (exact) mass is 297 g/mol. The van der Waals surface area contributed by atoms with Crippen LogP contribution in [0.4, 0.5) is 0 Å². The average molecular weight is 297 g/mol. The predicted octanol–water partition coefficient (Wildman–Crippen LogP) is 1.28. The Balaban J connectivity index is 3.75. The van der Waals surface area contributed by atoms with Gasteiger partial charge in [0.25, 0.3) is 0 Å². The van der Waals surface area contributed by atoms with Crippen molar-refractivity contribution in [1.82, 2.24) is 0 Å². The molecule has 0 fully saturated rings. The van der Waals surface area contributed by atoms with Crippen molar-refractivity contribution in [3.05, 3.63) is 0 Å². The summed E-state index contributed by atoms with van der Waals surface area (Å²) < 4.78 is 0. The van der Waals surface area contributed by atoms with Crippen LogP contribution in [0.5, 0.6) is 0 Å². The van der Waals surface area contributed by atoms with Gasteiger partial charge >= 0.3 is 0 Å². The first-order chi connectivity index (χ1) is 9.85. The molecule has 0 aromatic carbocycles. The standard InChI is InChI=1S/C15H23NO5/c1-2-11(17)3-4-12(18)5-6-13(19)7-8-14(20)9-10-15(16)21/h2-10H2,1H3,(H2,16,21). The summed E-state index contributed by atoms with van der Waals surface area (Å²) in [7, 11) is 0. The minimum absolute atomic E-state index is 0.00301.